The molecule has 2 heterocycles. The van der Waals surface area contributed by atoms with E-state index in [4.69, 9.17) is 4.74 Å². The molecule has 8 nitrogen and oxygen atoms in total. The molecule has 1 aliphatic heterocycles. The van der Waals surface area contributed by atoms with Gasteiger partial charge in [0.25, 0.3) is 11.6 Å². The van der Waals surface area contributed by atoms with Gasteiger partial charge in [0.2, 0.25) is 0 Å². The van der Waals surface area contributed by atoms with Gasteiger partial charge in [-0.2, -0.15) is 0 Å². The Bertz CT molecular complexity index is 1230. The zero-order valence-corrected chi connectivity index (χ0v) is 16.6. The van der Waals surface area contributed by atoms with Crippen molar-refractivity contribution >= 4 is 34.0 Å². The second-order valence-corrected chi connectivity index (χ2v) is 6.98. The molecule has 0 radical (unpaired) electrons. The summed E-state index contributed by atoms with van der Waals surface area (Å²) in [6, 6.07) is 9.56. The SMILES string of the molecule is CCOC(=O)C1=CN(C(=O)c2ccc([N+](=O)[O-])cc2)CCc2c1[nH]c1ccc(F)cc21. The fourth-order valence-corrected chi connectivity index (χ4v) is 3.64. The number of rotatable bonds is 4. The predicted molar refractivity (Wildman–Crippen MR) is 111 cm³/mol. The van der Waals surface area contributed by atoms with Crippen LogP contribution in [0.4, 0.5) is 10.1 Å². The van der Waals surface area contributed by atoms with Crippen LogP contribution >= 0.6 is 0 Å². The van der Waals surface area contributed by atoms with Crippen LogP contribution in [-0.2, 0) is 16.0 Å². The van der Waals surface area contributed by atoms with Gasteiger partial charge in [-0.25, -0.2) is 9.18 Å². The molecular formula is C22H18FN3O5. The lowest BCUT2D eigenvalue weighted by Gasteiger charge is -2.17. The summed E-state index contributed by atoms with van der Waals surface area (Å²) in [4.78, 5) is 40.5. The van der Waals surface area contributed by atoms with Crippen LogP contribution in [0.2, 0.25) is 0 Å². The largest absolute Gasteiger partial charge is 0.462 e. The number of H-pyrrole nitrogens is 1. The summed E-state index contributed by atoms with van der Waals surface area (Å²) in [5.41, 5.74) is 2.15. The molecule has 0 unspecified atom stereocenters. The fraction of sp³-hybridized carbons (Fsp3) is 0.182. The average Bonchev–Trinajstić information content (AvgIpc) is 2.99. The van der Waals surface area contributed by atoms with Crippen molar-refractivity contribution in [3.63, 3.8) is 0 Å². The van der Waals surface area contributed by atoms with E-state index in [9.17, 15) is 24.1 Å². The van der Waals surface area contributed by atoms with E-state index in [1.807, 2.05) is 0 Å². The van der Waals surface area contributed by atoms with Crippen LogP contribution in [0.15, 0.2) is 48.7 Å². The summed E-state index contributed by atoms with van der Waals surface area (Å²) in [6.07, 6.45) is 1.79. The molecule has 0 saturated carbocycles. The molecule has 3 aromatic rings. The summed E-state index contributed by atoms with van der Waals surface area (Å²) >= 11 is 0. The molecule has 4 rings (SSSR count). The van der Waals surface area contributed by atoms with Gasteiger partial charge in [-0.05, 0) is 49.2 Å². The first-order valence-electron chi connectivity index (χ1n) is 9.64. The lowest BCUT2D eigenvalue weighted by atomic mass is 10.0. The Morgan fingerprint density at radius 2 is 1.97 bits per heavy atom. The molecule has 2 aromatic carbocycles. The van der Waals surface area contributed by atoms with Gasteiger partial charge in [-0.15, -0.1) is 0 Å². The van der Waals surface area contributed by atoms with Crippen molar-refractivity contribution in [3.05, 3.63) is 81.4 Å². The number of halogens is 1. The number of ether oxygens (including phenoxy) is 1. The molecule has 0 fully saturated rings. The third-order valence-electron chi connectivity index (χ3n) is 5.11. The number of non-ortho nitro benzene ring substituents is 1. The second-order valence-electron chi connectivity index (χ2n) is 6.98. The number of aromatic amines is 1. The summed E-state index contributed by atoms with van der Waals surface area (Å²) in [5.74, 6) is -1.43. The van der Waals surface area contributed by atoms with Crippen molar-refractivity contribution in [3.8, 4) is 0 Å². The third-order valence-corrected chi connectivity index (χ3v) is 5.11. The van der Waals surface area contributed by atoms with E-state index < -0.39 is 22.6 Å². The predicted octanol–water partition coefficient (Wildman–Crippen LogP) is 3.82. The van der Waals surface area contributed by atoms with E-state index in [0.29, 0.717) is 28.6 Å². The molecule has 0 spiro atoms. The highest BCUT2D eigenvalue weighted by molar-refractivity contribution is 6.18. The summed E-state index contributed by atoms with van der Waals surface area (Å²) < 4.78 is 19.0. The van der Waals surface area contributed by atoms with Crippen molar-refractivity contribution in [1.82, 2.24) is 9.88 Å². The summed E-state index contributed by atoms with van der Waals surface area (Å²) in [5, 5.41) is 11.5. The molecule has 158 valence electrons. The van der Waals surface area contributed by atoms with Crippen molar-refractivity contribution in [1.29, 1.82) is 0 Å². The molecule has 0 aliphatic carbocycles. The van der Waals surface area contributed by atoms with Crippen LogP contribution in [0.3, 0.4) is 0 Å². The minimum Gasteiger partial charge on any atom is -0.462 e. The maximum atomic E-state index is 13.8. The Hall–Kier alpha value is -4.01. The number of benzene rings is 2. The quantitative estimate of drug-likeness (QED) is 0.390. The molecule has 0 atom stereocenters. The highest BCUT2D eigenvalue weighted by atomic mass is 19.1. The van der Waals surface area contributed by atoms with Crippen molar-refractivity contribution in [2.45, 2.75) is 13.3 Å². The van der Waals surface area contributed by atoms with Gasteiger partial charge < -0.3 is 14.6 Å². The summed E-state index contributed by atoms with van der Waals surface area (Å²) in [6.45, 7) is 2.06. The molecule has 1 amide bonds. The zero-order chi connectivity index (χ0) is 22.1. The van der Waals surface area contributed by atoms with Gasteiger partial charge >= 0.3 is 5.97 Å². The summed E-state index contributed by atoms with van der Waals surface area (Å²) in [7, 11) is 0. The molecule has 1 N–H and O–H groups in total. The van der Waals surface area contributed by atoms with Gasteiger partial charge in [0.05, 0.1) is 22.8 Å². The van der Waals surface area contributed by atoms with Crippen molar-refractivity contribution in [2.24, 2.45) is 0 Å². The Kier molecular flexibility index (Phi) is 5.24. The maximum absolute atomic E-state index is 13.8. The first-order valence-corrected chi connectivity index (χ1v) is 9.64. The molecule has 31 heavy (non-hydrogen) atoms. The standard InChI is InChI=1S/C22H18FN3O5/c1-2-31-22(28)18-12-25(21(27)13-3-6-15(7-4-13)26(29)30)10-9-16-17-11-14(23)5-8-19(17)24-20(16)18/h3-8,11-12,24H,2,9-10H2,1H3. The Balaban J connectivity index is 1.76. The highest BCUT2D eigenvalue weighted by Gasteiger charge is 2.28. The maximum Gasteiger partial charge on any atom is 0.341 e. The number of nitro benzene ring substituents is 1. The van der Waals surface area contributed by atoms with E-state index in [2.05, 4.69) is 4.98 Å². The Morgan fingerprint density at radius 3 is 2.65 bits per heavy atom. The van der Waals surface area contributed by atoms with Crippen LogP contribution < -0.4 is 0 Å². The normalized spacial score (nSPS) is 13.4. The monoisotopic (exact) mass is 423 g/mol. The van der Waals surface area contributed by atoms with Gasteiger partial charge in [-0.1, -0.05) is 0 Å². The number of aromatic nitrogens is 1. The number of fused-ring (bicyclic) bond motifs is 3. The minimum atomic E-state index is -0.612. The number of nitrogens with one attached hydrogen (secondary N) is 1. The smallest absolute Gasteiger partial charge is 0.341 e. The number of nitrogens with zero attached hydrogens (tertiary/aromatic N) is 2. The lowest BCUT2D eigenvalue weighted by molar-refractivity contribution is -0.384. The lowest BCUT2D eigenvalue weighted by Crippen LogP contribution is -2.28. The highest BCUT2D eigenvalue weighted by Crippen LogP contribution is 2.32. The van der Waals surface area contributed by atoms with Crippen molar-refractivity contribution in [2.75, 3.05) is 13.2 Å². The first kappa shape index (κ1) is 20.3. The third kappa shape index (κ3) is 3.77. The fourth-order valence-electron chi connectivity index (χ4n) is 3.64. The van der Waals surface area contributed by atoms with Gasteiger partial charge in [0.15, 0.2) is 0 Å². The average molecular weight is 423 g/mol. The van der Waals surface area contributed by atoms with Crippen LogP contribution in [0.5, 0.6) is 0 Å². The topological polar surface area (TPSA) is 106 Å². The van der Waals surface area contributed by atoms with E-state index in [1.165, 1.54) is 47.5 Å². The first-order chi connectivity index (χ1) is 14.9. The molecule has 9 heteroatoms. The number of esters is 1. The molecule has 0 bridgehead atoms. The molecule has 1 aromatic heterocycles. The van der Waals surface area contributed by atoms with E-state index in [0.717, 1.165) is 0 Å². The van der Waals surface area contributed by atoms with E-state index in [1.54, 1.807) is 13.0 Å². The van der Waals surface area contributed by atoms with Crippen LogP contribution in [0, 0.1) is 15.9 Å². The van der Waals surface area contributed by atoms with E-state index in [-0.39, 0.29) is 30.0 Å². The van der Waals surface area contributed by atoms with Gasteiger partial charge in [0.1, 0.15) is 5.82 Å². The number of nitro groups is 1. The van der Waals surface area contributed by atoms with Crippen LogP contribution in [-0.4, -0.2) is 39.8 Å². The number of hydrogen-bond acceptors (Lipinski definition) is 5. The zero-order valence-electron chi connectivity index (χ0n) is 16.6. The number of carbonyl (C=O) groups is 2. The van der Waals surface area contributed by atoms with Crippen LogP contribution in [0.25, 0.3) is 16.5 Å². The molecule has 1 aliphatic rings. The number of carbonyl (C=O) groups excluding carboxylic acids is 2. The minimum absolute atomic E-state index is 0.126. The van der Waals surface area contributed by atoms with Crippen LogP contribution in [0.1, 0.15) is 28.5 Å². The number of amides is 1. The van der Waals surface area contributed by atoms with Gasteiger partial charge in [-0.3, -0.25) is 14.9 Å². The van der Waals surface area contributed by atoms with E-state index >= 15 is 0 Å². The Morgan fingerprint density at radius 1 is 1.23 bits per heavy atom. The second kappa shape index (κ2) is 8.02. The molecular weight excluding hydrogens is 405 g/mol. The van der Waals surface area contributed by atoms with Crippen molar-refractivity contribution < 1.29 is 23.6 Å². The van der Waals surface area contributed by atoms with Gasteiger partial charge in [0, 0.05) is 41.3 Å². The molecule has 0 saturated heterocycles. The Labute approximate surface area is 176 Å². The number of hydrogen-bond donors (Lipinski definition) is 1.